The number of phenols is 1. The molecule has 0 heterocycles. The monoisotopic (exact) mass is 558 g/mol. The van der Waals surface area contributed by atoms with Gasteiger partial charge in [-0.05, 0) is 63.9 Å². The van der Waals surface area contributed by atoms with E-state index >= 15 is 0 Å². The molecule has 210 valence electrons. The smallest absolute Gasteiger partial charge is 0.309 e. The van der Waals surface area contributed by atoms with E-state index in [0.717, 1.165) is 16.5 Å². The van der Waals surface area contributed by atoms with Crippen molar-refractivity contribution in [2.45, 2.75) is 19.4 Å². The number of methoxy groups -OCH3 is 2. The lowest BCUT2D eigenvalue weighted by Crippen LogP contribution is -2.05. The first kappa shape index (κ1) is 29.0. The van der Waals surface area contributed by atoms with Gasteiger partial charge in [0.2, 0.25) is 0 Å². The van der Waals surface area contributed by atoms with Gasteiger partial charge in [0.05, 0.1) is 27.1 Å². The normalized spacial score (nSPS) is 10.5. The molecule has 0 atom stereocenters. The van der Waals surface area contributed by atoms with Crippen LogP contribution in [-0.4, -0.2) is 31.3 Å². The minimum atomic E-state index is -0.409. The maximum Gasteiger partial charge on any atom is 0.309 e. The fraction of sp³-hybridized carbons (Fsp3) is 0.152. The van der Waals surface area contributed by atoms with Crippen LogP contribution in [-0.2, 0) is 38.5 Å². The predicted octanol–water partition coefficient (Wildman–Crippen LogP) is 6.67. The van der Waals surface area contributed by atoms with Crippen molar-refractivity contribution in [1.82, 2.24) is 0 Å². The highest BCUT2D eigenvalue weighted by Gasteiger charge is 2.11. The van der Waals surface area contributed by atoms with Gasteiger partial charge in [0.15, 0.2) is 0 Å². The second-order valence-electron chi connectivity index (χ2n) is 9.22. The number of carbonyl (C=O) groups excluding carboxylic acids is 2. The molecule has 0 aliphatic carbocycles. The van der Waals surface area contributed by atoms with Crippen molar-refractivity contribution in [3.8, 4) is 11.5 Å². The van der Waals surface area contributed by atoms with E-state index in [-0.39, 0.29) is 36.3 Å². The molecule has 5 rings (SSSR count). The minimum Gasteiger partial charge on any atom is -0.507 e. The van der Waals surface area contributed by atoms with Crippen LogP contribution >= 0.6 is 0 Å². The summed E-state index contributed by atoms with van der Waals surface area (Å²) in [6.07, 6.45) is 0.225. The van der Waals surface area contributed by atoms with Crippen molar-refractivity contribution in [2.24, 2.45) is 0 Å². The van der Waals surface area contributed by atoms with Crippen molar-refractivity contribution in [3.05, 3.63) is 119 Å². The van der Waals surface area contributed by atoms with Crippen LogP contribution in [0.4, 0.5) is 8.78 Å². The molecule has 0 saturated carbocycles. The molecule has 0 aliphatic heterocycles. The number of rotatable bonds is 7. The zero-order valence-corrected chi connectivity index (χ0v) is 22.5. The zero-order valence-electron chi connectivity index (χ0n) is 22.5. The van der Waals surface area contributed by atoms with Gasteiger partial charge in [-0.15, -0.1) is 0 Å². The number of ether oxygens (including phenoxy) is 3. The SMILES string of the molecule is COC(=O)Cc1cc(O)c2cc(F)ccc2c1.COC(=O)Cc1cc(OCc2ccccc2)c2cc(F)ccc2c1. The first-order valence-electron chi connectivity index (χ1n) is 12.7. The van der Waals surface area contributed by atoms with Gasteiger partial charge < -0.3 is 19.3 Å². The van der Waals surface area contributed by atoms with Gasteiger partial charge in [0.25, 0.3) is 0 Å². The molecule has 0 aromatic heterocycles. The zero-order chi connectivity index (χ0) is 29.4. The lowest BCUT2D eigenvalue weighted by Gasteiger charge is -2.12. The van der Waals surface area contributed by atoms with E-state index in [1.807, 2.05) is 36.4 Å². The van der Waals surface area contributed by atoms with Crippen LogP contribution in [0.5, 0.6) is 11.5 Å². The Morgan fingerprint density at radius 1 is 0.659 bits per heavy atom. The topological polar surface area (TPSA) is 82.1 Å². The standard InChI is InChI=1S/C20H17FO3.C13H11FO3/c1-23-20(22)11-15-9-16-7-8-17(21)12-18(16)19(10-15)24-13-14-5-3-2-4-6-14;1-17-13(16)6-8-4-9-2-3-10(14)7-11(9)12(15)5-8/h2-10,12H,11,13H2,1H3;2-5,7,15H,6H2,1H3. The molecule has 6 nitrogen and oxygen atoms in total. The summed E-state index contributed by atoms with van der Waals surface area (Å²) in [6, 6.07) is 25.2. The van der Waals surface area contributed by atoms with E-state index in [9.17, 15) is 23.5 Å². The summed E-state index contributed by atoms with van der Waals surface area (Å²) in [4.78, 5) is 22.7. The summed E-state index contributed by atoms with van der Waals surface area (Å²) in [6.45, 7) is 0.369. The van der Waals surface area contributed by atoms with Crippen molar-refractivity contribution >= 4 is 33.5 Å². The van der Waals surface area contributed by atoms with Gasteiger partial charge in [-0.3, -0.25) is 9.59 Å². The third kappa shape index (κ3) is 7.79. The van der Waals surface area contributed by atoms with Gasteiger partial charge in [-0.2, -0.15) is 0 Å². The third-order valence-electron chi connectivity index (χ3n) is 6.28. The molecule has 0 spiro atoms. The Hall–Kier alpha value is -4.98. The number of hydrogen-bond acceptors (Lipinski definition) is 6. The Bertz CT molecular complexity index is 1680. The molecule has 41 heavy (non-hydrogen) atoms. The second-order valence-corrected chi connectivity index (χ2v) is 9.22. The van der Waals surface area contributed by atoms with E-state index in [1.165, 1.54) is 44.6 Å². The van der Waals surface area contributed by atoms with Gasteiger partial charge in [0, 0.05) is 10.8 Å². The number of aromatic hydroxyl groups is 1. The molecule has 5 aromatic carbocycles. The number of benzene rings is 5. The Morgan fingerprint density at radius 3 is 1.78 bits per heavy atom. The van der Waals surface area contributed by atoms with E-state index in [2.05, 4.69) is 4.74 Å². The summed E-state index contributed by atoms with van der Waals surface area (Å²) < 4.78 is 41.8. The van der Waals surface area contributed by atoms with E-state index in [0.29, 0.717) is 34.1 Å². The van der Waals surface area contributed by atoms with Crippen LogP contribution < -0.4 is 4.74 Å². The van der Waals surface area contributed by atoms with Crippen LogP contribution in [0.25, 0.3) is 21.5 Å². The van der Waals surface area contributed by atoms with Gasteiger partial charge in [-0.25, -0.2) is 8.78 Å². The van der Waals surface area contributed by atoms with Gasteiger partial charge in [0.1, 0.15) is 29.7 Å². The molecule has 0 saturated heterocycles. The maximum absolute atomic E-state index is 13.6. The number of esters is 2. The first-order chi connectivity index (χ1) is 19.7. The van der Waals surface area contributed by atoms with E-state index in [1.54, 1.807) is 24.3 Å². The Balaban J connectivity index is 0.000000201. The minimum absolute atomic E-state index is 0.0408. The van der Waals surface area contributed by atoms with Crippen LogP contribution in [0.15, 0.2) is 91.0 Å². The Kier molecular flexibility index (Phi) is 9.47. The molecule has 0 bridgehead atoms. The molecule has 0 amide bonds. The molecular weight excluding hydrogens is 530 g/mol. The van der Waals surface area contributed by atoms with E-state index < -0.39 is 5.82 Å². The summed E-state index contributed by atoms with van der Waals surface area (Å²) in [7, 11) is 2.66. The average Bonchev–Trinajstić information content (AvgIpc) is 2.97. The van der Waals surface area contributed by atoms with Crippen molar-refractivity contribution in [3.63, 3.8) is 0 Å². The third-order valence-corrected chi connectivity index (χ3v) is 6.28. The number of halogens is 2. The van der Waals surface area contributed by atoms with Crippen LogP contribution in [0, 0.1) is 11.6 Å². The summed E-state index contributed by atoms with van der Waals surface area (Å²) in [5.41, 5.74) is 2.41. The van der Waals surface area contributed by atoms with Crippen molar-refractivity contribution in [1.29, 1.82) is 0 Å². The van der Waals surface area contributed by atoms with Crippen LogP contribution in [0.3, 0.4) is 0 Å². The Labute approximate surface area is 235 Å². The largest absolute Gasteiger partial charge is 0.507 e. The van der Waals surface area contributed by atoms with E-state index in [4.69, 9.17) is 9.47 Å². The molecule has 0 fully saturated rings. The highest BCUT2D eigenvalue weighted by Crippen LogP contribution is 2.30. The van der Waals surface area contributed by atoms with Crippen molar-refractivity contribution < 1.29 is 37.7 Å². The summed E-state index contributed by atoms with van der Waals surface area (Å²) >= 11 is 0. The molecule has 8 heteroatoms. The number of phenolic OH excluding ortho intramolecular Hbond substituents is 1. The predicted molar refractivity (Wildman–Crippen MR) is 152 cm³/mol. The number of carbonyl (C=O) groups is 2. The van der Waals surface area contributed by atoms with Gasteiger partial charge in [-0.1, -0.05) is 54.6 Å². The molecule has 0 aliphatic rings. The maximum atomic E-state index is 13.6. The highest BCUT2D eigenvalue weighted by atomic mass is 19.1. The molecule has 0 unspecified atom stereocenters. The number of hydrogen-bond donors (Lipinski definition) is 1. The van der Waals surface area contributed by atoms with Gasteiger partial charge >= 0.3 is 11.9 Å². The lowest BCUT2D eigenvalue weighted by atomic mass is 10.0. The molecule has 0 radical (unpaired) electrons. The fourth-order valence-corrected chi connectivity index (χ4v) is 4.26. The average molecular weight is 559 g/mol. The molecular formula is C33H28F2O6. The second kappa shape index (κ2) is 13.4. The Morgan fingerprint density at radius 2 is 1.20 bits per heavy atom. The van der Waals surface area contributed by atoms with Crippen LogP contribution in [0.1, 0.15) is 16.7 Å². The highest BCUT2D eigenvalue weighted by molar-refractivity contribution is 5.91. The summed E-state index contributed by atoms with van der Waals surface area (Å²) in [5, 5.41) is 12.4. The fourth-order valence-electron chi connectivity index (χ4n) is 4.26. The quantitative estimate of drug-likeness (QED) is 0.225. The van der Waals surface area contributed by atoms with Crippen LogP contribution in [0.2, 0.25) is 0 Å². The molecule has 5 aromatic rings. The number of fused-ring (bicyclic) bond motifs is 2. The first-order valence-corrected chi connectivity index (χ1v) is 12.7. The summed E-state index contributed by atoms with van der Waals surface area (Å²) in [5.74, 6) is -0.937. The molecule has 1 N–H and O–H groups in total. The lowest BCUT2D eigenvalue weighted by molar-refractivity contribution is -0.140. The van der Waals surface area contributed by atoms with Crippen molar-refractivity contribution in [2.75, 3.05) is 14.2 Å².